The molecule has 4 heteroatoms. The minimum absolute atomic E-state index is 0.479. The lowest BCUT2D eigenvalue weighted by molar-refractivity contribution is 0.307. The molecule has 2 N–H and O–H groups in total. The first-order valence-corrected chi connectivity index (χ1v) is 6.30. The van der Waals surface area contributed by atoms with E-state index in [0.29, 0.717) is 12.3 Å². The van der Waals surface area contributed by atoms with Crippen LogP contribution in [0.4, 0.5) is 5.69 Å². The Kier molecular flexibility index (Phi) is 3.33. The average Bonchev–Trinajstić information content (AvgIpc) is 2.60. The molecule has 0 saturated heterocycles. The number of ether oxygens (including phenoxy) is 1. The molecular formula is C13H16N2OS. The van der Waals surface area contributed by atoms with E-state index in [2.05, 4.69) is 11.9 Å². The van der Waals surface area contributed by atoms with Gasteiger partial charge >= 0.3 is 0 Å². The summed E-state index contributed by atoms with van der Waals surface area (Å²) in [4.78, 5) is 5.67. The third-order valence-electron chi connectivity index (χ3n) is 2.59. The minimum Gasteiger partial charge on any atom is -0.484 e. The number of anilines is 1. The highest BCUT2D eigenvalue weighted by Gasteiger charge is 2.06. The zero-order valence-corrected chi connectivity index (χ0v) is 11.1. The highest BCUT2D eigenvalue weighted by molar-refractivity contribution is 7.11. The van der Waals surface area contributed by atoms with Crippen molar-refractivity contribution in [2.45, 2.75) is 27.4 Å². The van der Waals surface area contributed by atoms with Gasteiger partial charge in [-0.05, 0) is 38.5 Å². The summed E-state index contributed by atoms with van der Waals surface area (Å²) < 4.78 is 5.69. The molecule has 3 nitrogen and oxygen atoms in total. The number of nitrogen functional groups attached to an aromatic ring is 1. The van der Waals surface area contributed by atoms with E-state index >= 15 is 0 Å². The number of nitrogens with zero attached hydrogens (tertiary/aromatic N) is 1. The van der Waals surface area contributed by atoms with Crippen LogP contribution in [0.25, 0.3) is 0 Å². The molecule has 0 amide bonds. The number of benzene rings is 1. The van der Waals surface area contributed by atoms with Crippen LogP contribution < -0.4 is 10.5 Å². The van der Waals surface area contributed by atoms with E-state index in [9.17, 15) is 0 Å². The van der Waals surface area contributed by atoms with Gasteiger partial charge in [-0.25, -0.2) is 4.98 Å². The number of hydrogen-bond acceptors (Lipinski definition) is 4. The van der Waals surface area contributed by atoms with Crippen LogP contribution in [-0.2, 0) is 6.61 Å². The molecule has 0 bridgehead atoms. The molecule has 0 atom stereocenters. The Labute approximate surface area is 105 Å². The quantitative estimate of drug-likeness (QED) is 0.848. The minimum atomic E-state index is 0.479. The van der Waals surface area contributed by atoms with Gasteiger partial charge in [-0.3, -0.25) is 0 Å². The van der Waals surface area contributed by atoms with Gasteiger partial charge in [-0.1, -0.05) is 6.07 Å². The fourth-order valence-electron chi connectivity index (χ4n) is 1.51. The Bertz CT molecular complexity index is 515. The summed E-state index contributed by atoms with van der Waals surface area (Å²) in [6, 6.07) is 5.78. The molecule has 1 aromatic carbocycles. The first kappa shape index (κ1) is 11.9. The van der Waals surface area contributed by atoms with Gasteiger partial charge < -0.3 is 10.5 Å². The number of aromatic nitrogens is 1. The van der Waals surface area contributed by atoms with E-state index in [-0.39, 0.29) is 0 Å². The third kappa shape index (κ3) is 2.77. The predicted molar refractivity (Wildman–Crippen MR) is 71.5 cm³/mol. The average molecular weight is 248 g/mol. The van der Waals surface area contributed by atoms with Gasteiger partial charge in [0, 0.05) is 4.88 Å². The molecule has 2 rings (SSSR count). The molecule has 0 fully saturated rings. The molecule has 0 aliphatic heterocycles. The van der Waals surface area contributed by atoms with Crippen molar-refractivity contribution < 1.29 is 4.74 Å². The van der Waals surface area contributed by atoms with Crippen LogP contribution >= 0.6 is 11.3 Å². The molecule has 1 heterocycles. The van der Waals surface area contributed by atoms with Crippen LogP contribution in [0.1, 0.15) is 21.1 Å². The summed E-state index contributed by atoms with van der Waals surface area (Å²) in [5.74, 6) is 0.732. The lowest BCUT2D eigenvalue weighted by Gasteiger charge is -2.07. The van der Waals surface area contributed by atoms with Crippen molar-refractivity contribution >= 4 is 17.0 Å². The van der Waals surface area contributed by atoms with Gasteiger partial charge in [0.05, 0.1) is 11.4 Å². The van der Waals surface area contributed by atoms with Gasteiger partial charge in [0.25, 0.3) is 0 Å². The van der Waals surface area contributed by atoms with Crippen molar-refractivity contribution in [3.05, 3.63) is 39.3 Å². The Morgan fingerprint density at radius 1 is 1.29 bits per heavy atom. The molecule has 17 heavy (non-hydrogen) atoms. The molecule has 0 spiro atoms. The van der Waals surface area contributed by atoms with E-state index in [0.717, 1.165) is 22.0 Å². The van der Waals surface area contributed by atoms with Gasteiger partial charge in [0.2, 0.25) is 0 Å². The number of nitrogens with two attached hydrogens (primary N) is 1. The second-order valence-corrected chi connectivity index (χ2v) is 5.37. The number of aryl methyl sites for hydroxylation is 3. The highest BCUT2D eigenvalue weighted by atomic mass is 32.1. The van der Waals surface area contributed by atoms with Crippen LogP contribution in [0.2, 0.25) is 0 Å². The molecular weight excluding hydrogens is 232 g/mol. The van der Waals surface area contributed by atoms with Gasteiger partial charge in [-0.2, -0.15) is 0 Å². The van der Waals surface area contributed by atoms with E-state index in [1.54, 1.807) is 11.3 Å². The molecule has 0 saturated carbocycles. The third-order valence-corrected chi connectivity index (χ3v) is 3.64. The number of hydrogen-bond donors (Lipinski definition) is 1. The van der Waals surface area contributed by atoms with Crippen molar-refractivity contribution in [3.8, 4) is 5.75 Å². The lowest BCUT2D eigenvalue weighted by Crippen LogP contribution is -1.98. The number of rotatable bonds is 3. The SMILES string of the molecule is Cc1ccc(N)c(OCc2nc(C)c(C)s2)c1. The van der Waals surface area contributed by atoms with Crippen molar-refractivity contribution in [1.82, 2.24) is 4.98 Å². The van der Waals surface area contributed by atoms with Crippen LogP contribution in [-0.4, -0.2) is 4.98 Å². The van der Waals surface area contributed by atoms with Gasteiger partial charge in [0.15, 0.2) is 0 Å². The normalized spacial score (nSPS) is 10.5. The van der Waals surface area contributed by atoms with Crippen LogP contribution in [0.15, 0.2) is 18.2 Å². The van der Waals surface area contributed by atoms with Crippen LogP contribution in [0.3, 0.4) is 0 Å². The zero-order chi connectivity index (χ0) is 12.4. The van der Waals surface area contributed by atoms with Crippen LogP contribution in [0, 0.1) is 20.8 Å². The summed E-state index contributed by atoms with van der Waals surface area (Å²) in [5, 5.41) is 0.987. The van der Waals surface area contributed by atoms with Crippen molar-refractivity contribution in [1.29, 1.82) is 0 Å². The van der Waals surface area contributed by atoms with Gasteiger partial charge in [-0.15, -0.1) is 11.3 Å². The lowest BCUT2D eigenvalue weighted by atomic mass is 10.2. The maximum absolute atomic E-state index is 5.85. The second-order valence-electron chi connectivity index (χ2n) is 4.08. The molecule has 1 aromatic heterocycles. The Balaban J connectivity index is 2.09. The standard InChI is InChI=1S/C13H16N2OS/c1-8-4-5-11(14)12(6-8)16-7-13-15-9(2)10(3)17-13/h4-6H,7,14H2,1-3H3. The van der Waals surface area contributed by atoms with Crippen molar-refractivity contribution in [2.75, 3.05) is 5.73 Å². The van der Waals surface area contributed by atoms with Crippen molar-refractivity contribution in [3.63, 3.8) is 0 Å². The van der Waals surface area contributed by atoms with E-state index < -0.39 is 0 Å². The molecule has 0 radical (unpaired) electrons. The highest BCUT2D eigenvalue weighted by Crippen LogP contribution is 2.24. The largest absolute Gasteiger partial charge is 0.484 e. The summed E-state index contributed by atoms with van der Waals surface area (Å²) in [6.45, 7) is 6.57. The first-order chi connectivity index (χ1) is 8.06. The van der Waals surface area contributed by atoms with Crippen LogP contribution in [0.5, 0.6) is 5.75 Å². The summed E-state index contributed by atoms with van der Waals surface area (Å²) >= 11 is 1.67. The molecule has 0 aliphatic rings. The van der Waals surface area contributed by atoms with E-state index in [4.69, 9.17) is 10.5 Å². The molecule has 0 unspecified atom stereocenters. The fraction of sp³-hybridized carbons (Fsp3) is 0.308. The van der Waals surface area contributed by atoms with E-state index in [1.807, 2.05) is 32.0 Å². The smallest absolute Gasteiger partial charge is 0.143 e. The molecule has 90 valence electrons. The zero-order valence-electron chi connectivity index (χ0n) is 10.3. The molecule has 0 aliphatic carbocycles. The monoisotopic (exact) mass is 248 g/mol. The first-order valence-electron chi connectivity index (χ1n) is 5.48. The Hall–Kier alpha value is -1.55. The molecule has 2 aromatic rings. The second kappa shape index (κ2) is 4.75. The van der Waals surface area contributed by atoms with Gasteiger partial charge in [0.1, 0.15) is 17.4 Å². The summed E-state index contributed by atoms with van der Waals surface area (Å²) in [5.41, 5.74) is 8.73. The fourth-order valence-corrected chi connectivity index (χ4v) is 2.35. The Morgan fingerprint density at radius 3 is 2.71 bits per heavy atom. The predicted octanol–water partition coefficient (Wildman–Crippen LogP) is 3.23. The maximum atomic E-state index is 5.85. The maximum Gasteiger partial charge on any atom is 0.143 e. The van der Waals surface area contributed by atoms with E-state index in [1.165, 1.54) is 4.88 Å². The topological polar surface area (TPSA) is 48.1 Å². The van der Waals surface area contributed by atoms with Crippen molar-refractivity contribution in [2.24, 2.45) is 0 Å². The summed E-state index contributed by atoms with van der Waals surface area (Å²) in [6.07, 6.45) is 0. The number of thiazole rings is 1. The Morgan fingerprint density at radius 2 is 2.06 bits per heavy atom. The summed E-state index contributed by atoms with van der Waals surface area (Å²) in [7, 11) is 0.